The average molecular weight is 484 g/mol. The van der Waals surface area contributed by atoms with Crippen molar-refractivity contribution in [2.45, 2.75) is 65.9 Å². The van der Waals surface area contributed by atoms with Gasteiger partial charge >= 0.3 is 0 Å². The molecule has 1 N–H and O–H groups in total. The Balaban J connectivity index is 0.00000210. The summed E-state index contributed by atoms with van der Waals surface area (Å²) in [6, 6.07) is 4.06. The van der Waals surface area contributed by atoms with Crippen LogP contribution in [0.4, 0.5) is 0 Å². The largest absolute Gasteiger partial charge is 0.497 e. The molecule has 0 spiro atoms. The number of aromatic nitrogens is 1. The topological polar surface area (TPSA) is 55.7 Å². The zero-order valence-electron chi connectivity index (χ0n) is 22.5. The lowest BCUT2D eigenvalue weighted by Gasteiger charge is -2.28. The Kier molecular flexibility index (Phi) is 12.5. The van der Waals surface area contributed by atoms with Gasteiger partial charge in [0.25, 0.3) is 0 Å². The van der Waals surface area contributed by atoms with Crippen molar-refractivity contribution < 1.29 is 14.3 Å². The van der Waals surface area contributed by atoms with Crippen LogP contribution in [-0.2, 0) is 14.3 Å². The van der Waals surface area contributed by atoms with Crippen molar-refractivity contribution in [2.75, 3.05) is 33.9 Å². The maximum Gasteiger partial charge on any atom is 0.229 e. The van der Waals surface area contributed by atoms with Gasteiger partial charge in [-0.15, -0.1) is 0 Å². The number of hydrogen-bond donors (Lipinski definition) is 1. The molecule has 0 saturated heterocycles. The lowest BCUT2D eigenvalue weighted by atomic mass is 9.91. The minimum atomic E-state index is -0.0925. The number of ether oxygens (including phenoxy) is 2. The van der Waals surface area contributed by atoms with Gasteiger partial charge in [-0.1, -0.05) is 39.3 Å². The van der Waals surface area contributed by atoms with Crippen LogP contribution >= 0.6 is 0 Å². The highest BCUT2D eigenvalue weighted by Gasteiger charge is 2.25. The minimum absolute atomic E-state index is 0.0842. The van der Waals surface area contributed by atoms with Crippen LogP contribution in [0.5, 0.6) is 0 Å². The van der Waals surface area contributed by atoms with Gasteiger partial charge in [0, 0.05) is 39.1 Å². The molecule has 2 unspecified atom stereocenters. The smallest absolute Gasteiger partial charge is 0.229 e. The third-order valence-corrected chi connectivity index (χ3v) is 6.30. The average Bonchev–Trinajstić information content (AvgIpc) is 3.44. The standard InChI is InChI=1S/C27H39N3O3.C2H6/c1-5-10-21-19-22(11-14-26(21)33-4)27(31)29(6-2)18-9-15-28-24-20-23(32-3)12-13-25(24)30-16-7-8-17-30;1-2/h7-8,13-14,16-17,19-20,22-23,28H,5-6,9-12,15,18H2,1-4H3;1-2H3. The molecule has 6 heteroatoms. The highest BCUT2D eigenvalue weighted by Crippen LogP contribution is 2.28. The lowest BCUT2D eigenvalue weighted by Crippen LogP contribution is -2.37. The van der Waals surface area contributed by atoms with Gasteiger partial charge in [0.2, 0.25) is 5.91 Å². The van der Waals surface area contributed by atoms with E-state index in [9.17, 15) is 4.79 Å². The van der Waals surface area contributed by atoms with Crippen molar-refractivity contribution in [1.29, 1.82) is 0 Å². The Morgan fingerprint density at radius 3 is 2.49 bits per heavy atom. The first-order valence-corrected chi connectivity index (χ1v) is 13.2. The Morgan fingerprint density at radius 2 is 1.86 bits per heavy atom. The molecular formula is C29H45N3O3. The second-order valence-corrected chi connectivity index (χ2v) is 8.52. The summed E-state index contributed by atoms with van der Waals surface area (Å²) in [6.07, 6.45) is 17.2. The van der Waals surface area contributed by atoms with Crippen LogP contribution < -0.4 is 5.32 Å². The normalized spacial score (nSPS) is 19.4. The number of rotatable bonds is 12. The number of nitrogens with one attached hydrogen (secondary N) is 1. The Labute approximate surface area is 212 Å². The van der Waals surface area contributed by atoms with E-state index in [1.165, 1.54) is 0 Å². The van der Waals surface area contributed by atoms with E-state index < -0.39 is 0 Å². The van der Waals surface area contributed by atoms with Gasteiger partial charge < -0.3 is 24.3 Å². The fourth-order valence-electron chi connectivity index (χ4n) is 4.50. The molecule has 1 aromatic heterocycles. The van der Waals surface area contributed by atoms with Crippen LogP contribution in [0.15, 0.2) is 65.9 Å². The van der Waals surface area contributed by atoms with E-state index in [-0.39, 0.29) is 17.9 Å². The first-order valence-electron chi connectivity index (χ1n) is 13.2. The summed E-state index contributed by atoms with van der Waals surface area (Å²) in [5.74, 6) is 1.04. The third kappa shape index (κ3) is 7.89. The molecular weight excluding hydrogens is 438 g/mol. The summed E-state index contributed by atoms with van der Waals surface area (Å²) in [7, 11) is 3.45. The number of allylic oxidation sites excluding steroid dienone is 3. The molecule has 194 valence electrons. The number of carbonyl (C=O) groups is 1. The predicted octanol–water partition coefficient (Wildman–Crippen LogP) is 5.76. The van der Waals surface area contributed by atoms with Crippen molar-refractivity contribution in [3.05, 3.63) is 65.9 Å². The summed E-state index contributed by atoms with van der Waals surface area (Å²) >= 11 is 0. The highest BCUT2D eigenvalue weighted by molar-refractivity contribution is 5.81. The van der Waals surface area contributed by atoms with Crippen LogP contribution in [-0.4, -0.2) is 55.3 Å². The van der Waals surface area contributed by atoms with E-state index in [2.05, 4.69) is 60.4 Å². The fraction of sp³-hybridized carbons (Fsp3) is 0.552. The molecule has 6 nitrogen and oxygen atoms in total. The van der Waals surface area contributed by atoms with E-state index in [4.69, 9.17) is 9.47 Å². The van der Waals surface area contributed by atoms with Crippen LogP contribution in [0.2, 0.25) is 0 Å². The van der Waals surface area contributed by atoms with Crippen molar-refractivity contribution in [1.82, 2.24) is 14.8 Å². The molecule has 1 heterocycles. The van der Waals surface area contributed by atoms with Gasteiger partial charge in [-0.2, -0.15) is 0 Å². The van der Waals surface area contributed by atoms with E-state index in [1.54, 1.807) is 14.2 Å². The molecule has 2 atom stereocenters. The minimum Gasteiger partial charge on any atom is -0.497 e. The van der Waals surface area contributed by atoms with Crippen molar-refractivity contribution in [3.8, 4) is 0 Å². The van der Waals surface area contributed by atoms with Crippen LogP contribution in [0, 0.1) is 5.92 Å². The van der Waals surface area contributed by atoms with Gasteiger partial charge in [-0.3, -0.25) is 4.79 Å². The molecule has 0 aliphatic heterocycles. The predicted molar refractivity (Wildman–Crippen MR) is 145 cm³/mol. The molecule has 0 saturated carbocycles. The molecule has 35 heavy (non-hydrogen) atoms. The molecule has 3 rings (SSSR count). The van der Waals surface area contributed by atoms with Gasteiger partial charge in [-0.05, 0) is 62.5 Å². The van der Waals surface area contributed by atoms with E-state index in [0.717, 1.165) is 68.0 Å². The lowest BCUT2D eigenvalue weighted by molar-refractivity contribution is -0.133. The van der Waals surface area contributed by atoms with E-state index in [0.29, 0.717) is 6.42 Å². The van der Waals surface area contributed by atoms with Crippen molar-refractivity contribution >= 4 is 11.6 Å². The zero-order valence-corrected chi connectivity index (χ0v) is 22.5. The number of nitrogens with zero attached hydrogens (tertiary/aromatic N) is 2. The number of methoxy groups -OCH3 is 2. The van der Waals surface area contributed by atoms with Gasteiger partial charge in [0.05, 0.1) is 30.5 Å². The molecule has 0 fully saturated rings. The van der Waals surface area contributed by atoms with Gasteiger partial charge in [0.15, 0.2) is 0 Å². The summed E-state index contributed by atoms with van der Waals surface area (Å²) in [5, 5.41) is 3.58. The summed E-state index contributed by atoms with van der Waals surface area (Å²) in [4.78, 5) is 15.2. The summed E-state index contributed by atoms with van der Waals surface area (Å²) in [5.41, 5.74) is 3.38. The Bertz CT molecular complexity index is 896. The quantitative estimate of drug-likeness (QED) is 0.384. The second-order valence-electron chi connectivity index (χ2n) is 8.52. The summed E-state index contributed by atoms with van der Waals surface area (Å²) in [6.45, 7) is 10.5. The Morgan fingerprint density at radius 1 is 1.11 bits per heavy atom. The third-order valence-electron chi connectivity index (χ3n) is 6.30. The molecule has 1 amide bonds. The van der Waals surface area contributed by atoms with Crippen LogP contribution in [0.1, 0.15) is 59.8 Å². The highest BCUT2D eigenvalue weighted by atomic mass is 16.5. The monoisotopic (exact) mass is 483 g/mol. The first kappa shape index (κ1) is 28.5. The first-order chi connectivity index (χ1) is 17.1. The molecule has 0 bridgehead atoms. The van der Waals surface area contributed by atoms with Crippen LogP contribution in [0.3, 0.4) is 0 Å². The van der Waals surface area contributed by atoms with E-state index >= 15 is 0 Å². The SMILES string of the molecule is CC.CCCC1=CC(C(=O)N(CC)CCCNC2=CC(OC)CC=C2n2cccc2)CC=C1OC. The van der Waals surface area contributed by atoms with E-state index in [1.807, 2.05) is 30.9 Å². The fourth-order valence-corrected chi connectivity index (χ4v) is 4.50. The van der Waals surface area contributed by atoms with Crippen LogP contribution in [0.25, 0.3) is 5.70 Å². The Hall–Kier alpha value is -2.73. The zero-order chi connectivity index (χ0) is 25.6. The number of carbonyl (C=O) groups excluding carboxylic acids is 1. The molecule has 0 radical (unpaired) electrons. The van der Waals surface area contributed by atoms with Crippen molar-refractivity contribution in [2.24, 2.45) is 5.92 Å². The maximum absolute atomic E-state index is 13.2. The second kappa shape index (κ2) is 15.3. The molecule has 0 aromatic carbocycles. The van der Waals surface area contributed by atoms with Crippen molar-refractivity contribution in [3.63, 3.8) is 0 Å². The molecule has 2 aliphatic carbocycles. The number of hydrogen-bond acceptors (Lipinski definition) is 4. The molecule has 1 aromatic rings. The maximum atomic E-state index is 13.2. The van der Waals surface area contributed by atoms with Gasteiger partial charge in [0.1, 0.15) is 5.76 Å². The summed E-state index contributed by atoms with van der Waals surface area (Å²) < 4.78 is 13.2. The number of amides is 1. The molecule has 2 aliphatic rings. The van der Waals surface area contributed by atoms with Gasteiger partial charge in [-0.25, -0.2) is 0 Å².